The number of benzene rings is 3. The summed E-state index contributed by atoms with van der Waals surface area (Å²) in [5.74, 6) is -0.387. The van der Waals surface area contributed by atoms with Crippen molar-refractivity contribution in [3.63, 3.8) is 0 Å². The third kappa shape index (κ3) is 3.87. The Morgan fingerprint density at radius 2 is 1.54 bits per heavy atom. The predicted octanol–water partition coefficient (Wildman–Crippen LogP) is 4.47. The van der Waals surface area contributed by atoms with Crippen LogP contribution in [0.2, 0.25) is 0 Å². The second-order valence-electron chi connectivity index (χ2n) is 5.54. The maximum atomic E-state index is 13.6. The number of hydrogen-bond donors (Lipinski definition) is 1. The molecule has 120 valence electrons. The van der Waals surface area contributed by atoms with Gasteiger partial charge in [-0.1, -0.05) is 60.7 Å². The van der Waals surface area contributed by atoms with E-state index >= 15 is 0 Å². The highest BCUT2D eigenvalue weighted by molar-refractivity contribution is 5.95. The number of carbonyl (C=O) groups is 1. The van der Waals surface area contributed by atoms with Crippen LogP contribution in [0, 0.1) is 5.82 Å². The number of carbonyl (C=O) groups excluding carboxylic acids is 1. The lowest BCUT2D eigenvalue weighted by Crippen LogP contribution is -2.25. The van der Waals surface area contributed by atoms with Gasteiger partial charge >= 0.3 is 0 Å². The molecule has 0 saturated heterocycles. The van der Waals surface area contributed by atoms with E-state index in [9.17, 15) is 9.18 Å². The molecule has 0 unspecified atom stereocenters. The molecule has 0 fully saturated rings. The molecule has 0 spiro atoms. The Hall–Kier alpha value is -2.94. The fourth-order valence-corrected chi connectivity index (χ4v) is 2.58. The number of halogens is 1. The Bertz CT molecular complexity index is 830. The van der Waals surface area contributed by atoms with E-state index in [2.05, 4.69) is 5.32 Å². The van der Waals surface area contributed by atoms with Gasteiger partial charge in [-0.15, -0.1) is 0 Å². The van der Waals surface area contributed by atoms with Crippen LogP contribution in [0.1, 0.15) is 15.9 Å². The summed E-state index contributed by atoms with van der Waals surface area (Å²) in [4.78, 5) is 12.3. The molecule has 0 aromatic heterocycles. The van der Waals surface area contributed by atoms with Gasteiger partial charge in [0.2, 0.25) is 0 Å². The quantitative estimate of drug-likeness (QED) is 0.739. The van der Waals surface area contributed by atoms with Gasteiger partial charge in [-0.05, 0) is 41.3 Å². The third-order valence-corrected chi connectivity index (χ3v) is 3.87. The molecule has 3 heteroatoms. The molecule has 3 rings (SSSR count). The molecule has 0 radical (unpaired) electrons. The van der Waals surface area contributed by atoms with Crippen molar-refractivity contribution in [1.82, 2.24) is 5.32 Å². The van der Waals surface area contributed by atoms with Crippen LogP contribution in [0.4, 0.5) is 4.39 Å². The second kappa shape index (κ2) is 7.55. The highest BCUT2D eigenvalue weighted by Crippen LogP contribution is 2.19. The molecular weight excluding hydrogens is 301 g/mol. The van der Waals surface area contributed by atoms with E-state index in [1.54, 1.807) is 24.3 Å². The van der Waals surface area contributed by atoms with E-state index < -0.39 is 0 Å². The van der Waals surface area contributed by atoms with Crippen LogP contribution in [0.5, 0.6) is 0 Å². The number of nitrogens with one attached hydrogen (secondary N) is 1. The molecule has 0 atom stereocenters. The average molecular weight is 319 g/mol. The topological polar surface area (TPSA) is 29.1 Å². The first-order valence-electron chi connectivity index (χ1n) is 7.91. The van der Waals surface area contributed by atoms with E-state index in [0.29, 0.717) is 24.1 Å². The summed E-state index contributed by atoms with van der Waals surface area (Å²) in [5, 5.41) is 2.85. The second-order valence-corrected chi connectivity index (χ2v) is 5.54. The van der Waals surface area contributed by atoms with Gasteiger partial charge < -0.3 is 5.32 Å². The zero-order valence-corrected chi connectivity index (χ0v) is 13.2. The van der Waals surface area contributed by atoms with Crippen molar-refractivity contribution >= 4 is 5.91 Å². The summed E-state index contributed by atoms with van der Waals surface area (Å²) in [6, 6.07) is 24.0. The molecule has 0 aliphatic rings. The van der Waals surface area contributed by atoms with Crippen LogP contribution in [0.25, 0.3) is 11.1 Å². The van der Waals surface area contributed by atoms with Crippen molar-refractivity contribution in [2.75, 3.05) is 6.54 Å². The summed E-state index contributed by atoms with van der Waals surface area (Å²) in [6.45, 7) is 0.398. The fraction of sp³-hybridized carbons (Fsp3) is 0.0952. The van der Waals surface area contributed by atoms with Gasteiger partial charge in [0, 0.05) is 12.1 Å². The first-order valence-corrected chi connectivity index (χ1v) is 7.91. The highest BCUT2D eigenvalue weighted by atomic mass is 19.1. The maximum absolute atomic E-state index is 13.6. The van der Waals surface area contributed by atoms with E-state index in [-0.39, 0.29) is 11.7 Å². The van der Waals surface area contributed by atoms with Crippen molar-refractivity contribution < 1.29 is 9.18 Å². The van der Waals surface area contributed by atoms with Crippen LogP contribution in [0.15, 0.2) is 78.9 Å². The van der Waals surface area contributed by atoms with Crippen molar-refractivity contribution in [2.24, 2.45) is 0 Å². The molecule has 3 aromatic rings. The lowest BCUT2D eigenvalue weighted by atomic mass is 10.0. The molecule has 0 aliphatic carbocycles. The van der Waals surface area contributed by atoms with Gasteiger partial charge in [0.25, 0.3) is 5.91 Å². The molecule has 3 aromatic carbocycles. The Balaban J connectivity index is 1.64. The normalized spacial score (nSPS) is 10.4. The Morgan fingerprint density at radius 3 is 2.33 bits per heavy atom. The summed E-state index contributed by atoms with van der Waals surface area (Å²) in [5.41, 5.74) is 3.27. The maximum Gasteiger partial charge on any atom is 0.251 e. The van der Waals surface area contributed by atoms with Crippen LogP contribution < -0.4 is 5.32 Å². The van der Waals surface area contributed by atoms with Gasteiger partial charge in [-0.2, -0.15) is 0 Å². The predicted molar refractivity (Wildman–Crippen MR) is 94.3 cm³/mol. The SMILES string of the molecule is O=C(NCCc1ccccc1F)c1cccc(-c2ccccc2)c1. The standard InChI is InChI=1S/C21H18FNO/c22-20-12-5-4-9-17(20)13-14-23-21(24)19-11-6-10-18(15-19)16-7-2-1-3-8-16/h1-12,15H,13-14H2,(H,23,24). The number of hydrogen-bond acceptors (Lipinski definition) is 1. The van der Waals surface area contributed by atoms with Gasteiger partial charge in [0.15, 0.2) is 0 Å². The first kappa shape index (κ1) is 15.9. The monoisotopic (exact) mass is 319 g/mol. The third-order valence-electron chi connectivity index (χ3n) is 3.87. The molecular formula is C21H18FNO. The fourth-order valence-electron chi connectivity index (χ4n) is 2.58. The van der Waals surface area contributed by atoms with Gasteiger partial charge in [-0.3, -0.25) is 4.79 Å². The Labute approximate surface area is 141 Å². The molecule has 1 amide bonds. The molecule has 0 bridgehead atoms. The highest BCUT2D eigenvalue weighted by Gasteiger charge is 2.07. The molecule has 0 heterocycles. The van der Waals surface area contributed by atoms with Crippen molar-refractivity contribution in [2.45, 2.75) is 6.42 Å². The lowest BCUT2D eigenvalue weighted by molar-refractivity contribution is 0.0954. The van der Waals surface area contributed by atoms with Crippen LogP contribution >= 0.6 is 0 Å². The molecule has 0 saturated carbocycles. The van der Waals surface area contributed by atoms with E-state index in [0.717, 1.165) is 11.1 Å². The summed E-state index contributed by atoms with van der Waals surface area (Å²) in [7, 11) is 0. The minimum Gasteiger partial charge on any atom is -0.352 e. The zero-order valence-electron chi connectivity index (χ0n) is 13.2. The van der Waals surface area contributed by atoms with Crippen molar-refractivity contribution in [3.8, 4) is 11.1 Å². The van der Waals surface area contributed by atoms with Crippen LogP contribution in [-0.2, 0) is 6.42 Å². The smallest absolute Gasteiger partial charge is 0.251 e. The van der Waals surface area contributed by atoms with Gasteiger partial charge in [0.1, 0.15) is 5.82 Å². The summed E-state index contributed by atoms with van der Waals surface area (Å²) in [6.07, 6.45) is 0.469. The van der Waals surface area contributed by atoms with Crippen LogP contribution in [-0.4, -0.2) is 12.5 Å². The first-order chi connectivity index (χ1) is 11.7. The molecule has 2 nitrogen and oxygen atoms in total. The van der Waals surface area contributed by atoms with E-state index in [1.165, 1.54) is 6.07 Å². The minimum atomic E-state index is -0.238. The van der Waals surface area contributed by atoms with Crippen LogP contribution in [0.3, 0.4) is 0 Å². The molecule has 24 heavy (non-hydrogen) atoms. The van der Waals surface area contributed by atoms with E-state index in [1.807, 2.05) is 48.5 Å². The van der Waals surface area contributed by atoms with Gasteiger partial charge in [-0.25, -0.2) is 4.39 Å². The number of amides is 1. The van der Waals surface area contributed by atoms with Gasteiger partial charge in [0.05, 0.1) is 0 Å². The summed E-state index contributed by atoms with van der Waals surface area (Å²) >= 11 is 0. The zero-order chi connectivity index (χ0) is 16.8. The van der Waals surface area contributed by atoms with Crippen molar-refractivity contribution in [1.29, 1.82) is 0 Å². The lowest BCUT2D eigenvalue weighted by Gasteiger charge is -2.08. The largest absolute Gasteiger partial charge is 0.352 e. The summed E-state index contributed by atoms with van der Waals surface area (Å²) < 4.78 is 13.6. The molecule has 0 aliphatic heterocycles. The average Bonchev–Trinajstić information content (AvgIpc) is 2.64. The Morgan fingerprint density at radius 1 is 0.833 bits per heavy atom. The van der Waals surface area contributed by atoms with Crippen molar-refractivity contribution in [3.05, 3.63) is 95.8 Å². The van der Waals surface area contributed by atoms with E-state index in [4.69, 9.17) is 0 Å². The number of rotatable bonds is 5. The Kier molecular flexibility index (Phi) is 5.02. The minimum absolute atomic E-state index is 0.149. The molecule has 1 N–H and O–H groups in total.